The monoisotopic (exact) mass is 427 g/mol. The van der Waals surface area contributed by atoms with Gasteiger partial charge in [0.15, 0.2) is 28.7 Å². The minimum absolute atomic E-state index is 0.267. The zero-order valence-corrected chi connectivity index (χ0v) is 14.4. The lowest BCUT2D eigenvalue weighted by atomic mass is 10.0. The standard InChI is InChI=1S/C17H9F4N3O6/c18-9-3-1-7(5-10(9)25)2-4-12-22-16(30-23-12)8-6-11(26)15(27)14(24(28)29)13(8)17(19,20)21/h1-6,25-27H/b4-2+. The number of rotatable bonds is 4. The van der Waals surface area contributed by atoms with E-state index in [1.807, 2.05) is 0 Å². The number of phenolic OH excluding ortho intramolecular Hbond substituents is 3. The van der Waals surface area contributed by atoms with E-state index in [2.05, 4.69) is 10.1 Å². The average Bonchev–Trinajstić information content (AvgIpc) is 3.12. The van der Waals surface area contributed by atoms with E-state index in [0.717, 1.165) is 18.2 Å². The van der Waals surface area contributed by atoms with E-state index < -0.39 is 56.9 Å². The maximum Gasteiger partial charge on any atom is 0.423 e. The van der Waals surface area contributed by atoms with Crippen molar-refractivity contribution in [3.05, 3.63) is 57.1 Å². The van der Waals surface area contributed by atoms with Gasteiger partial charge in [0.05, 0.1) is 10.5 Å². The van der Waals surface area contributed by atoms with E-state index in [1.54, 1.807) is 0 Å². The van der Waals surface area contributed by atoms with Crippen molar-refractivity contribution in [2.45, 2.75) is 6.18 Å². The van der Waals surface area contributed by atoms with Crippen molar-refractivity contribution >= 4 is 17.8 Å². The second-order valence-electron chi connectivity index (χ2n) is 5.77. The molecule has 0 aliphatic heterocycles. The van der Waals surface area contributed by atoms with Gasteiger partial charge in [-0.3, -0.25) is 10.1 Å². The van der Waals surface area contributed by atoms with Gasteiger partial charge in [0.25, 0.3) is 5.89 Å². The van der Waals surface area contributed by atoms with Crippen LogP contribution in [-0.4, -0.2) is 30.4 Å². The van der Waals surface area contributed by atoms with Gasteiger partial charge in [0.2, 0.25) is 5.75 Å². The molecule has 3 aromatic rings. The third-order valence-electron chi connectivity index (χ3n) is 3.79. The Morgan fingerprint density at radius 1 is 1.10 bits per heavy atom. The number of nitro groups is 1. The van der Waals surface area contributed by atoms with Crippen molar-refractivity contribution in [1.29, 1.82) is 0 Å². The minimum atomic E-state index is -5.31. The normalized spacial score (nSPS) is 11.9. The van der Waals surface area contributed by atoms with Crippen LogP contribution in [0, 0.1) is 15.9 Å². The molecule has 0 saturated carbocycles. The third kappa shape index (κ3) is 3.85. The highest BCUT2D eigenvalue weighted by Gasteiger charge is 2.45. The van der Waals surface area contributed by atoms with Crippen LogP contribution in [0.4, 0.5) is 23.2 Å². The Hall–Kier alpha value is -4.16. The summed E-state index contributed by atoms with van der Waals surface area (Å²) in [5.74, 6) is -5.33. The molecule has 13 heteroatoms. The molecule has 1 aromatic heterocycles. The van der Waals surface area contributed by atoms with Crippen LogP contribution in [0.1, 0.15) is 17.0 Å². The predicted molar refractivity (Wildman–Crippen MR) is 91.7 cm³/mol. The maximum atomic E-state index is 13.5. The molecule has 3 rings (SSSR count). The Morgan fingerprint density at radius 2 is 1.80 bits per heavy atom. The molecule has 0 aliphatic carbocycles. The van der Waals surface area contributed by atoms with Crippen LogP contribution < -0.4 is 0 Å². The van der Waals surface area contributed by atoms with Crippen LogP contribution in [-0.2, 0) is 6.18 Å². The molecule has 0 fully saturated rings. The highest BCUT2D eigenvalue weighted by atomic mass is 19.4. The van der Waals surface area contributed by atoms with Crippen molar-refractivity contribution in [2.24, 2.45) is 0 Å². The van der Waals surface area contributed by atoms with Crippen molar-refractivity contribution in [2.75, 3.05) is 0 Å². The fraction of sp³-hybridized carbons (Fsp3) is 0.0588. The lowest BCUT2D eigenvalue weighted by molar-refractivity contribution is -0.389. The molecule has 0 unspecified atom stereocenters. The molecule has 0 amide bonds. The van der Waals surface area contributed by atoms with Crippen LogP contribution in [0.3, 0.4) is 0 Å². The summed E-state index contributed by atoms with van der Waals surface area (Å²) in [5.41, 5.74) is -4.37. The first kappa shape index (κ1) is 20.6. The summed E-state index contributed by atoms with van der Waals surface area (Å²) in [4.78, 5) is 13.2. The van der Waals surface area contributed by atoms with E-state index in [4.69, 9.17) is 4.52 Å². The molecule has 0 spiro atoms. The molecule has 0 atom stereocenters. The van der Waals surface area contributed by atoms with Crippen LogP contribution in [0.5, 0.6) is 17.2 Å². The van der Waals surface area contributed by atoms with Gasteiger partial charge >= 0.3 is 11.9 Å². The van der Waals surface area contributed by atoms with Gasteiger partial charge in [-0.15, -0.1) is 0 Å². The van der Waals surface area contributed by atoms with Crippen LogP contribution in [0.25, 0.3) is 23.6 Å². The largest absolute Gasteiger partial charge is 0.505 e. The van der Waals surface area contributed by atoms with E-state index >= 15 is 0 Å². The summed E-state index contributed by atoms with van der Waals surface area (Å²) in [5, 5.41) is 42.9. The van der Waals surface area contributed by atoms with E-state index in [-0.39, 0.29) is 5.82 Å². The lowest BCUT2D eigenvalue weighted by Gasteiger charge is -2.12. The molecular weight excluding hydrogens is 418 g/mol. The third-order valence-corrected chi connectivity index (χ3v) is 3.79. The number of nitro benzene ring substituents is 1. The van der Waals surface area contributed by atoms with Gasteiger partial charge in [-0.05, 0) is 29.8 Å². The highest BCUT2D eigenvalue weighted by Crippen LogP contribution is 2.49. The fourth-order valence-corrected chi connectivity index (χ4v) is 2.49. The molecule has 0 aliphatic rings. The molecule has 0 saturated heterocycles. The lowest BCUT2D eigenvalue weighted by Crippen LogP contribution is -2.11. The Balaban J connectivity index is 2.07. The number of nitrogens with zero attached hydrogens (tertiary/aromatic N) is 3. The quantitative estimate of drug-likeness (QED) is 0.245. The summed E-state index contributed by atoms with van der Waals surface area (Å²) >= 11 is 0. The van der Waals surface area contributed by atoms with E-state index in [1.165, 1.54) is 12.1 Å². The summed E-state index contributed by atoms with van der Waals surface area (Å²) in [7, 11) is 0. The Kier molecular flexibility index (Phi) is 5.04. The van der Waals surface area contributed by atoms with Gasteiger partial charge in [0, 0.05) is 0 Å². The second kappa shape index (κ2) is 7.35. The number of benzene rings is 2. The average molecular weight is 427 g/mol. The van der Waals surface area contributed by atoms with Crippen molar-refractivity contribution in [1.82, 2.24) is 10.1 Å². The van der Waals surface area contributed by atoms with Gasteiger partial charge in [-0.25, -0.2) is 4.39 Å². The van der Waals surface area contributed by atoms with E-state index in [9.17, 15) is 43.0 Å². The van der Waals surface area contributed by atoms with Crippen LogP contribution in [0.2, 0.25) is 0 Å². The number of halogens is 4. The molecule has 3 N–H and O–H groups in total. The number of hydrogen-bond acceptors (Lipinski definition) is 8. The first-order valence-corrected chi connectivity index (χ1v) is 7.80. The summed E-state index contributed by atoms with van der Waals surface area (Å²) in [6.45, 7) is 0. The van der Waals surface area contributed by atoms with Gasteiger partial charge in [0.1, 0.15) is 0 Å². The zero-order valence-electron chi connectivity index (χ0n) is 14.4. The summed E-state index contributed by atoms with van der Waals surface area (Å²) in [6.07, 6.45) is -2.87. The Bertz CT molecular complexity index is 1170. The topological polar surface area (TPSA) is 143 Å². The first-order valence-electron chi connectivity index (χ1n) is 7.80. The van der Waals surface area contributed by atoms with Gasteiger partial charge < -0.3 is 19.8 Å². The predicted octanol–water partition coefficient (Wildman–Crippen LogP) is 4.09. The van der Waals surface area contributed by atoms with E-state index in [0.29, 0.717) is 11.6 Å². The molecule has 1 heterocycles. The Morgan fingerprint density at radius 3 is 2.40 bits per heavy atom. The summed E-state index contributed by atoms with van der Waals surface area (Å²) < 4.78 is 58.1. The molecule has 9 nitrogen and oxygen atoms in total. The van der Waals surface area contributed by atoms with Crippen LogP contribution >= 0.6 is 0 Å². The molecule has 156 valence electrons. The highest BCUT2D eigenvalue weighted by molar-refractivity contribution is 5.75. The number of hydrogen-bond donors (Lipinski definition) is 3. The van der Waals surface area contributed by atoms with Gasteiger partial charge in [-0.1, -0.05) is 17.3 Å². The molecular formula is C17H9F4N3O6. The first-order chi connectivity index (χ1) is 14.0. The molecule has 2 aromatic carbocycles. The zero-order chi connectivity index (χ0) is 22.2. The molecule has 30 heavy (non-hydrogen) atoms. The molecule has 0 radical (unpaired) electrons. The second-order valence-corrected chi connectivity index (χ2v) is 5.77. The molecule has 0 bridgehead atoms. The van der Waals surface area contributed by atoms with Crippen molar-refractivity contribution in [3.63, 3.8) is 0 Å². The number of phenols is 3. The number of alkyl halides is 3. The fourth-order valence-electron chi connectivity index (χ4n) is 2.49. The smallest absolute Gasteiger partial charge is 0.423 e. The van der Waals surface area contributed by atoms with Crippen molar-refractivity contribution < 1.29 is 42.3 Å². The minimum Gasteiger partial charge on any atom is -0.505 e. The number of aromatic hydroxyl groups is 3. The number of aromatic nitrogens is 2. The van der Waals surface area contributed by atoms with Crippen LogP contribution in [0.15, 0.2) is 28.8 Å². The van der Waals surface area contributed by atoms with Gasteiger partial charge in [-0.2, -0.15) is 18.2 Å². The maximum absolute atomic E-state index is 13.5. The SMILES string of the molecule is O=[N+]([O-])c1c(O)c(O)cc(-c2nc(/C=C/c3ccc(F)c(O)c3)no2)c1C(F)(F)F. The van der Waals surface area contributed by atoms with Crippen molar-refractivity contribution in [3.8, 4) is 28.7 Å². The summed E-state index contributed by atoms with van der Waals surface area (Å²) in [6, 6.07) is 3.74. The Labute approximate surface area is 163 Å².